The third kappa shape index (κ3) is 3.01. The fraction of sp³-hybridized carbons (Fsp3) is 0.111. The SMILES string of the molecule is O=c1c2c(cnn1Cc1ccccc1)[nH]c1ccc(OC(F)(F)F)cc12. The summed E-state index contributed by atoms with van der Waals surface area (Å²) in [5, 5.41) is 4.77. The number of nitrogens with zero attached hydrogens (tertiary/aromatic N) is 2. The number of alkyl halides is 3. The predicted octanol–water partition coefficient (Wildman–Crippen LogP) is 3.82. The highest BCUT2D eigenvalue weighted by Gasteiger charge is 2.31. The zero-order valence-corrected chi connectivity index (χ0v) is 13.2. The maximum absolute atomic E-state index is 12.8. The van der Waals surface area contributed by atoms with Gasteiger partial charge in [0.2, 0.25) is 0 Å². The van der Waals surface area contributed by atoms with Gasteiger partial charge in [-0.25, -0.2) is 4.68 Å². The summed E-state index contributed by atoms with van der Waals surface area (Å²) in [5.74, 6) is -0.378. The number of hydrogen-bond donors (Lipinski definition) is 1. The summed E-state index contributed by atoms with van der Waals surface area (Å²) in [6.07, 6.45) is -3.31. The molecule has 26 heavy (non-hydrogen) atoms. The Balaban J connectivity index is 1.85. The summed E-state index contributed by atoms with van der Waals surface area (Å²) >= 11 is 0. The normalized spacial score (nSPS) is 12.0. The van der Waals surface area contributed by atoms with Crippen molar-refractivity contribution in [3.8, 4) is 5.75 Å². The third-order valence-electron chi connectivity index (χ3n) is 3.98. The van der Waals surface area contributed by atoms with Crippen molar-refractivity contribution < 1.29 is 17.9 Å². The highest BCUT2D eigenvalue weighted by Crippen LogP contribution is 2.29. The Hall–Kier alpha value is -3.29. The number of aromatic nitrogens is 3. The Labute approximate surface area is 144 Å². The van der Waals surface area contributed by atoms with E-state index in [2.05, 4.69) is 14.8 Å². The summed E-state index contributed by atoms with van der Waals surface area (Å²) in [4.78, 5) is 15.8. The smallest absolute Gasteiger partial charge is 0.406 e. The van der Waals surface area contributed by atoms with Crippen LogP contribution < -0.4 is 10.3 Å². The number of rotatable bonds is 3. The Morgan fingerprint density at radius 1 is 1.08 bits per heavy atom. The molecule has 4 aromatic rings. The van der Waals surface area contributed by atoms with E-state index in [9.17, 15) is 18.0 Å². The van der Waals surface area contributed by atoms with Gasteiger partial charge in [0.1, 0.15) is 5.75 Å². The van der Waals surface area contributed by atoms with Gasteiger partial charge in [0.25, 0.3) is 5.56 Å². The molecule has 1 N–H and O–H groups in total. The average Bonchev–Trinajstić information content (AvgIpc) is 2.95. The van der Waals surface area contributed by atoms with Crippen LogP contribution in [0.4, 0.5) is 13.2 Å². The fourth-order valence-electron chi connectivity index (χ4n) is 2.89. The maximum atomic E-state index is 12.8. The van der Waals surface area contributed by atoms with Gasteiger partial charge in [-0.05, 0) is 23.8 Å². The lowest BCUT2D eigenvalue weighted by atomic mass is 10.2. The summed E-state index contributed by atoms with van der Waals surface area (Å²) in [6.45, 7) is 0.265. The van der Waals surface area contributed by atoms with Crippen LogP contribution in [0, 0.1) is 0 Å². The summed E-state index contributed by atoms with van der Waals surface area (Å²) in [6, 6.07) is 13.1. The largest absolute Gasteiger partial charge is 0.573 e. The molecule has 0 aliphatic heterocycles. The minimum atomic E-state index is -4.80. The van der Waals surface area contributed by atoms with Crippen LogP contribution in [0.3, 0.4) is 0 Å². The Morgan fingerprint density at radius 2 is 1.85 bits per heavy atom. The highest BCUT2D eigenvalue weighted by molar-refractivity contribution is 6.06. The maximum Gasteiger partial charge on any atom is 0.573 e. The molecule has 8 heteroatoms. The zero-order chi connectivity index (χ0) is 18.3. The molecule has 0 saturated heterocycles. The van der Waals surface area contributed by atoms with Crippen LogP contribution in [-0.2, 0) is 6.54 Å². The van der Waals surface area contributed by atoms with E-state index < -0.39 is 6.36 Å². The molecule has 2 heterocycles. The van der Waals surface area contributed by atoms with E-state index in [4.69, 9.17) is 0 Å². The molecule has 0 amide bonds. The number of ether oxygens (including phenoxy) is 1. The lowest BCUT2D eigenvalue weighted by Crippen LogP contribution is -2.23. The van der Waals surface area contributed by atoms with Crippen molar-refractivity contribution in [2.45, 2.75) is 12.9 Å². The Kier molecular flexibility index (Phi) is 3.68. The van der Waals surface area contributed by atoms with Gasteiger partial charge in [-0.1, -0.05) is 30.3 Å². The van der Waals surface area contributed by atoms with Gasteiger partial charge < -0.3 is 9.72 Å². The highest BCUT2D eigenvalue weighted by atomic mass is 19.4. The molecule has 0 atom stereocenters. The molecule has 5 nitrogen and oxygen atoms in total. The minimum Gasteiger partial charge on any atom is -0.406 e. The molecule has 2 aromatic carbocycles. The average molecular weight is 359 g/mol. The molecule has 0 unspecified atom stereocenters. The van der Waals surface area contributed by atoms with Gasteiger partial charge in [-0.2, -0.15) is 5.10 Å². The van der Waals surface area contributed by atoms with E-state index in [0.29, 0.717) is 16.4 Å². The molecular formula is C18H12F3N3O2. The number of H-pyrrole nitrogens is 1. The molecule has 132 valence electrons. The van der Waals surface area contributed by atoms with E-state index in [0.717, 1.165) is 5.56 Å². The zero-order valence-electron chi connectivity index (χ0n) is 13.2. The van der Waals surface area contributed by atoms with Crippen molar-refractivity contribution in [1.29, 1.82) is 0 Å². The summed E-state index contributed by atoms with van der Waals surface area (Å²) in [5.41, 5.74) is 1.49. The number of nitrogens with one attached hydrogen (secondary N) is 1. The number of benzene rings is 2. The summed E-state index contributed by atoms with van der Waals surface area (Å²) in [7, 11) is 0. The standard InChI is InChI=1S/C18H12F3N3O2/c19-18(20,21)26-12-6-7-14-13(8-12)16-15(23-14)9-22-24(17(16)25)10-11-4-2-1-3-5-11/h1-9,23H,10H2. The lowest BCUT2D eigenvalue weighted by molar-refractivity contribution is -0.274. The van der Waals surface area contributed by atoms with Gasteiger partial charge in [-0.3, -0.25) is 4.79 Å². The van der Waals surface area contributed by atoms with Crippen molar-refractivity contribution in [2.24, 2.45) is 0 Å². The number of hydrogen-bond acceptors (Lipinski definition) is 3. The van der Waals surface area contributed by atoms with E-state index in [1.807, 2.05) is 30.3 Å². The number of fused-ring (bicyclic) bond motifs is 3. The van der Waals surface area contributed by atoms with Crippen LogP contribution in [0.1, 0.15) is 5.56 Å². The van der Waals surface area contributed by atoms with Gasteiger partial charge in [-0.15, -0.1) is 13.2 Å². The fourth-order valence-corrected chi connectivity index (χ4v) is 2.89. The van der Waals surface area contributed by atoms with Crippen LogP contribution in [0.25, 0.3) is 21.8 Å². The molecular weight excluding hydrogens is 347 g/mol. The first-order valence-electron chi connectivity index (χ1n) is 7.72. The van der Waals surface area contributed by atoms with Crippen LogP contribution in [0.5, 0.6) is 5.75 Å². The van der Waals surface area contributed by atoms with Crippen molar-refractivity contribution in [3.05, 3.63) is 70.6 Å². The van der Waals surface area contributed by atoms with E-state index in [1.165, 1.54) is 29.1 Å². The van der Waals surface area contributed by atoms with Gasteiger partial charge in [0, 0.05) is 10.9 Å². The van der Waals surface area contributed by atoms with Crippen molar-refractivity contribution in [1.82, 2.24) is 14.8 Å². The molecule has 0 fully saturated rings. The molecule has 0 radical (unpaired) electrons. The van der Waals surface area contributed by atoms with Crippen LogP contribution >= 0.6 is 0 Å². The molecule has 2 aromatic heterocycles. The first-order valence-corrected chi connectivity index (χ1v) is 7.72. The molecule has 0 bridgehead atoms. The van der Waals surface area contributed by atoms with E-state index in [1.54, 1.807) is 0 Å². The van der Waals surface area contributed by atoms with E-state index in [-0.39, 0.29) is 23.2 Å². The lowest BCUT2D eigenvalue weighted by Gasteiger charge is -2.08. The molecule has 0 spiro atoms. The van der Waals surface area contributed by atoms with Crippen LogP contribution in [0.15, 0.2) is 59.5 Å². The second kappa shape index (κ2) is 5.91. The molecule has 0 aliphatic carbocycles. The topological polar surface area (TPSA) is 59.9 Å². The Bertz CT molecular complexity index is 1150. The van der Waals surface area contributed by atoms with Gasteiger partial charge in [0.05, 0.1) is 23.6 Å². The van der Waals surface area contributed by atoms with Crippen molar-refractivity contribution in [3.63, 3.8) is 0 Å². The second-order valence-electron chi connectivity index (χ2n) is 5.76. The van der Waals surface area contributed by atoms with E-state index >= 15 is 0 Å². The minimum absolute atomic E-state index is 0.265. The third-order valence-corrected chi connectivity index (χ3v) is 3.98. The summed E-state index contributed by atoms with van der Waals surface area (Å²) < 4.78 is 42.6. The second-order valence-corrected chi connectivity index (χ2v) is 5.76. The molecule has 4 rings (SSSR count). The molecule has 0 aliphatic rings. The first-order chi connectivity index (χ1) is 12.4. The number of halogens is 3. The first kappa shape index (κ1) is 16.2. The predicted molar refractivity (Wildman–Crippen MR) is 90.1 cm³/mol. The monoisotopic (exact) mass is 359 g/mol. The molecule has 0 saturated carbocycles. The van der Waals surface area contributed by atoms with Gasteiger partial charge in [0.15, 0.2) is 0 Å². The van der Waals surface area contributed by atoms with Crippen LogP contribution in [0.2, 0.25) is 0 Å². The van der Waals surface area contributed by atoms with Crippen molar-refractivity contribution in [2.75, 3.05) is 0 Å². The Morgan fingerprint density at radius 3 is 2.58 bits per heavy atom. The number of aromatic amines is 1. The quantitative estimate of drug-likeness (QED) is 0.605. The van der Waals surface area contributed by atoms with Crippen molar-refractivity contribution >= 4 is 21.8 Å². The van der Waals surface area contributed by atoms with Crippen LogP contribution in [-0.4, -0.2) is 21.1 Å². The van der Waals surface area contributed by atoms with Gasteiger partial charge >= 0.3 is 6.36 Å².